The summed E-state index contributed by atoms with van der Waals surface area (Å²) in [5.74, 6) is 0. The van der Waals surface area contributed by atoms with Crippen LogP contribution in [0.15, 0.2) is 71.1 Å². The van der Waals surface area contributed by atoms with E-state index in [0.717, 1.165) is 10.8 Å². The van der Waals surface area contributed by atoms with Gasteiger partial charge >= 0.3 is 7.12 Å². The van der Waals surface area contributed by atoms with Crippen molar-refractivity contribution in [1.82, 2.24) is 0 Å². The Labute approximate surface area is 171 Å². The summed E-state index contributed by atoms with van der Waals surface area (Å²) in [6, 6.07) is 12.4. The molecular weight excluding hydrogens is 347 g/mol. The smallest absolute Gasteiger partial charge is 0.456 e. The van der Waals surface area contributed by atoms with Crippen LogP contribution >= 0.6 is 0 Å². The molecule has 1 aromatic heterocycles. The molecule has 3 aromatic carbocycles. The highest BCUT2D eigenvalue weighted by molar-refractivity contribution is 6.62. The lowest BCUT2D eigenvalue weighted by atomic mass is 9.78. The number of hydrogen-bond donors (Lipinski definition) is 0. The van der Waals surface area contributed by atoms with Crippen LogP contribution in [-0.2, 0) is 9.31 Å². The Kier molecular flexibility index (Phi) is 2.90. The van der Waals surface area contributed by atoms with Crippen molar-refractivity contribution < 1.29 is 19.2 Å². The Morgan fingerprint density at radius 1 is 0.857 bits per heavy atom. The van der Waals surface area contributed by atoms with Gasteiger partial charge in [-0.2, -0.15) is 0 Å². The van der Waals surface area contributed by atoms with Crippen LogP contribution in [0, 0.1) is 0 Å². The highest BCUT2D eigenvalue weighted by Gasteiger charge is 2.51. The van der Waals surface area contributed by atoms with Crippen molar-refractivity contribution in [1.29, 1.82) is 0 Å². The Balaban J connectivity index is 1.81. The third-order valence-electron chi connectivity index (χ3n) is 5.81. The van der Waals surface area contributed by atoms with Gasteiger partial charge in [0.2, 0.25) is 0 Å². The summed E-state index contributed by atoms with van der Waals surface area (Å²) in [5, 5.41) is 1.65. The average molecular weight is 374 g/mol. The molecule has 2 heterocycles. The zero-order valence-corrected chi connectivity index (χ0v) is 16.3. The van der Waals surface area contributed by atoms with E-state index in [4.69, 9.17) is 19.2 Å². The summed E-state index contributed by atoms with van der Waals surface area (Å²) in [6.07, 6.45) is 0. The number of furan rings is 1. The van der Waals surface area contributed by atoms with Gasteiger partial charge in [0.05, 0.1) is 16.7 Å². The molecule has 0 spiro atoms. The normalized spacial score (nSPS) is 20.2. The summed E-state index contributed by atoms with van der Waals surface area (Å²) < 4.78 is 52.8. The second-order valence-corrected chi connectivity index (χ2v) is 8.15. The predicted octanol–water partition coefficient (Wildman–Crippen LogP) is 5.55. The summed E-state index contributed by atoms with van der Waals surface area (Å²) in [5.41, 5.74) is 1.10. The van der Waals surface area contributed by atoms with Crippen LogP contribution < -0.4 is 5.46 Å². The lowest BCUT2D eigenvalue weighted by molar-refractivity contribution is 0.00578. The Morgan fingerprint density at radius 2 is 1.57 bits per heavy atom. The van der Waals surface area contributed by atoms with Crippen molar-refractivity contribution >= 4 is 34.5 Å². The first kappa shape index (κ1) is 13.6. The van der Waals surface area contributed by atoms with Crippen LogP contribution in [0.1, 0.15) is 33.2 Å². The minimum Gasteiger partial charge on any atom is -0.456 e. The minimum absolute atomic E-state index is 0.0349. The van der Waals surface area contributed by atoms with Gasteiger partial charge in [0.15, 0.2) is 0 Å². The van der Waals surface area contributed by atoms with E-state index in [9.17, 15) is 0 Å². The minimum atomic E-state index is -0.969. The standard InChI is InChI=1S/C24H23BO3/c1-23(2)24(3,4)28-25(27-23)17-10-7-9-16(15-17)18-12-8-14-21-22(18)19-11-5-6-13-20(19)26-21/h5-15H,1-4H3/i7D,9D,10D,15D. The summed E-state index contributed by atoms with van der Waals surface area (Å²) >= 11 is 0. The highest BCUT2D eigenvalue weighted by atomic mass is 16.7. The summed E-state index contributed by atoms with van der Waals surface area (Å²) in [6.45, 7) is 7.61. The van der Waals surface area contributed by atoms with Gasteiger partial charge in [-0.05, 0) is 56.4 Å². The molecule has 1 fully saturated rings. The molecule has 0 aliphatic carbocycles. The molecule has 0 radical (unpaired) electrons. The van der Waals surface area contributed by atoms with Gasteiger partial charge < -0.3 is 13.7 Å². The lowest BCUT2D eigenvalue weighted by Crippen LogP contribution is -2.41. The van der Waals surface area contributed by atoms with Crippen LogP contribution in [0.4, 0.5) is 0 Å². The van der Waals surface area contributed by atoms with Crippen LogP contribution in [0.2, 0.25) is 0 Å². The maximum Gasteiger partial charge on any atom is 0.494 e. The maximum absolute atomic E-state index is 9.01. The molecule has 0 atom stereocenters. The molecule has 1 aliphatic rings. The average Bonchev–Trinajstić information content (AvgIpc) is 3.20. The van der Waals surface area contributed by atoms with Crippen LogP contribution in [-0.4, -0.2) is 18.3 Å². The number of fused-ring (bicyclic) bond motifs is 3. The molecular formula is C24H23BO3. The number of rotatable bonds is 2. The van der Waals surface area contributed by atoms with Gasteiger partial charge in [0.1, 0.15) is 11.2 Å². The van der Waals surface area contributed by atoms with Gasteiger partial charge in [-0.1, -0.05) is 54.5 Å². The van der Waals surface area contributed by atoms with Crippen molar-refractivity contribution in [3.63, 3.8) is 0 Å². The van der Waals surface area contributed by atoms with E-state index < -0.39 is 18.3 Å². The molecule has 0 amide bonds. The van der Waals surface area contributed by atoms with Crippen molar-refractivity contribution in [2.45, 2.75) is 38.9 Å². The van der Waals surface area contributed by atoms with E-state index in [0.29, 0.717) is 16.7 Å². The monoisotopic (exact) mass is 374 g/mol. The molecule has 140 valence electrons. The largest absolute Gasteiger partial charge is 0.494 e. The predicted molar refractivity (Wildman–Crippen MR) is 115 cm³/mol. The molecule has 3 nitrogen and oxygen atoms in total. The molecule has 4 heteroatoms. The van der Waals surface area contributed by atoms with E-state index in [-0.39, 0.29) is 35.2 Å². The topological polar surface area (TPSA) is 31.6 Å². The van der Waals surface area contributed by atoms with Crippen LogP contribution in [0.3, 0.4) is 0 Å². The maximum atomic E-state index is 9.01. The van der Waals surface area contributed by atoms with Gasteiger partial charge in [0.25, 0.3) is 0 Å². The van der Waals surface area contributed by atoms with Crippen molar-refractivity contribution in [3.8, 4) is 11.1 Å². The first-order chi connectivity index (χ1) is 15.0. The summed E-state index contributed by atoms with van der Waals surface area (Å²) in [4.78, 5) is 0. The Hall–Kier alpha value is -2.56. The van der Waals surface area contributed by atoms with E-state index >= 15 is 0 Å². The van der Waals surface area contributed by atoms with Crippen LogP contribution in [0.5, 0.6) is 0 Å². The zero-order chi connectivity index (χ0) is 23.0. The van der Waals surface area contributed by atoms with Crippen LogP contribution in [0.25, 0.3) is 33.1 Å². The van der Waals surface area contributed by atoms with E-state index in [1.165, 1.54) is 0 Å². The SMILES string of the molecule is [2H]c1c([2H])c(B2OC(C)(C)C(C)(C)O2)c([2H])c(-c2cccc3oc4ccccc4c23)c1[2H]. The molecule has 0 N–H and O–H groups in total. The van der Waals surface area contributed by atoms with Crippen molar-refractivity contribution in [3.05, 3.63) is 66.6 Å². The van der Waals surface area contributed by atoms with Crippen molar-refractivity contribution in [2.75, 3.05) is 0 Å². The number of benzene rings is 3. The first-order valence-corrected chi connectivity index (χ1v) is 9.40. The van der Waals surface area contributed by atoms with E-state index in [1.54, 1.807) is 0 Å². The number of hydrogen-bond acceptors (Lipinski definition) is 3. The Bertz CT molecular complexity index is 1380. The van der Waals surface area contributed by atoms with Gasteiger partial charge in [-0.25, -0.2) is 0 Å². The Morgan fingerprint density at radius 3 is 2.36 bits per heavy atom. The molecule has 0 bridgehead atoms. The second kappa shape index (κ2) is 5.97. The molecule has 4 aromatic rings. The van der Waals surface area contributed by atoms with Gasteiger partial charge in [-0.15, -0.1) is 0 Å². The molecule has 0 unspecified atom stereocenters. The molecule has 1 aliphatic heterocycles. The number of para-hydroxylation sites is 1. The van der Waals surface area contributed by atoms with Crippen molar-refractivity contribution in [2.24, 2.45) is 0 Å². The third-order valence-corrected chi connectivity index (χ3v) is 5.81. The first-order valence-electron chi connectivity index (χ1n) is 11.4. The highest BCUT2D eigenvalue weighted by Crippen LogP contribution is 2.38. The summed E-state index contributed by atoms with van der Waals surface area (Å²) in [7, 11) is -0.969. The quantitative estimate of drug-likeness (QED) is 0.431. The second-order valence-electron chi connectivity index (χ2n) is 8.15. The lowest BCUT2D eigenvalue weighted by Gasteiger charge is -2.32. The fourth-order valence-electron chi connectivity index (χ4n) is 3.55. The van der Waals surface area contributed by atoms with E-state index in [1.807, 2.05) is 70.2 Å². The molecule has 0 saturated carbocycles. The van der Waals surface area contributed by atoms with Gasteiger partial charge in [-0.3, -0.25) is 0 Å². The van der Waals surface area contributed by atoms with E-state index in [2.05, 4.69) is 0 Å². The fraction of sp³-hybridized carbons (Fsp3) is 0.250. The molecule has 1 saturated heterocycles. The third kappa shape index (κ3) is 2.60. The molecule has 28 heavy (non-hydrogen) atoms. The molecule has 5 rings (SSSR count). The zero-order valence-electron chi connectivity index (χ0n) is 20.3. The van der Waals surface area contributed by atoms with Gasteiger partial charge in [0, 0.05) is 10.8 Å². The fourth-order valence-corrected chi connectivity index (χ4v) is 3.55.